The Morgan fingerprint density at radius 2 is 2.28 bits per heavy atom. The fraction of sp³-hybridized carbons (Fsp3) is 0.333. The van der Waals surface area contributed by atoms with E-state index in [0.29, 0.717) is 22.2 Å². The van der Waals surface area contributed by atoms with Crippen molar-refractivity contribution in [1.29, 1.82) is 0 Å². The average Bonchev–Trinajstić information content (AvgIpc) is 3.11. The highest BCUT2D eigenvalue weighted by Crippen LogP contribution is 2.23. The molecule has 1 aliphatic rings. The van der Waals surface area contributed by atoms with Crippen molar-refractivity contribution in [1.82, 2.24) is 9.88 Å². The number of rotatable bonds is 5. The van der Waals surface area contributed by atoms with Crippen molar-refractivity contribution >= 4 is 34.6 Å². The van der Waals surface area contributed by atoms with Crippen LogP contribution in [0.15, 0.2) is 42.7 Å². The first-order valence-electron chi connectivity index (χ1n) is 8.14. The van der Waals surface area contributed by atoms with Crippen molar-refractivity contribution in [3.63, 3.8) is 0 Å². The smallest absolute Gasteiger partial charge is 0.173 e. The number of thiocarbonyl (C=S) groups is 1. The number of hydrogen-bond donors (Lipinski definition) is 1. The Kier molecular flexibility index (Phi) is 6.18. The van der Waals surface area contributed by atoms with Crippen molar-refractivity contribution in [3.8, 4) is 0 Å². The minimum absolute atomic E-state index is 0.0826. The van der Waals surface area contributed by atoms with Crippen LogP contribution < -0.4 is 5.32 Å². The summed E-state index contributed by atoms with van der Waals surface area (Å²) in [6, 6.07) is 8.38. The van der Waals surface area contributed by atoms with Crippen molar-refractivity contribution in [3.05, 3.63) is 59.1 Å². The summed E-state index contributed by atoms with van der Waals surface area (Å²) in [4.78, 5) is 5.96. The van der Waals surface area contributed by atoms with Crippen LogP contribution >= 0.6 is 23.8 Å². The first kappa shape index (κ1) is 18.0. The molecular weight excluding hydrogens is 361 g/mol. The van der Waals surface area contributed by atoms with Gasteiger partial charge in [0.1, 0.15) is 5.82 Å². The molecule has 2 aromatic rings. The summed E-state index contributed by atoms with van der Waals surface area (Å²) in [5, 5.41) is 4.03. The lowest BCUT2D eigenvalue weighted by Gasteiger charge is -2.28. The molecular formula is C18H19ClFN3OS. The second kappa shape index (κ2) is 8.56. The zero-order valence-corrected chi connectivity index (χ0v) is 15.2. The quantitative estimate of drug-likeness (QED) is 0.786. The van der Waals surface area contributed by atoms with E-state index < -0.39 is 0 Å². The number of pyridine rings is 1. The normalized spacial score (nSPS) is 16.6. The fourth-order valence-corrected chi connectivity index (χ4v) is 3.25. The van der Waals surface area contributed by atoms with Crippen LogP contribution in [0.3, 0.4) is 0 Å². The average molecular weight is 380 g/mol. The van der Waals surface area contributed by atoms with E-state index in [9.17, 15) is 4.39 Å². The molecule has 1 aromatic carbocycles. The third kappa shape index (κ3) is 4.87. The topological polar surface area (TPSA) is 37.4 Å². The molecule has 0 radical (unpaired) electrons. The highest BCUT2D eigenvalue weighted by atomic mass is 35.5. The molecule has 4 nitrogen and oxygen atoms in total. The number of hydrogen-bond acceptors (Lipinski definition) is 3. The second-order valence-corrected chi connectivity index (χ2v) is 6.68. The predicted octanol–water partition coefficient (Wildman–Crippen LogP) is 4.25. The van der Waals surface area contributed by atoms with Crippen LogP contribution in [0.25, 0.3) is 0 Å². The summed E-state index contributed by atoms with van der Waals surface area (Å²) in [5.41, 5.74) is 1.21. The molecule has 1 fully saturated rings. The third-order valence-electron chi connectivity index (χ3n) is 4.06. The molecule has 0 bridgehead atoms. The van der Waals surface area contributed by atoms with E-state index in [1.165, 1.54) is 6.07 Å². The summed E-state index contributed by atoms with van der Waals surface area (Å²) in [6.45, 7) is 1.61. The zero-order valence-electron chi connectivity index (χ0n) is 13.6. The maximum Gasteiger partial charge on any atom is 0.173 e. The van der Waals surface area contributed by atoms with Crippen molar-refractivity contribution in [2.45, 2.75) is 25.5 Å². The Morgan fingerprint density at radius 3 is 2.96 bits per heavy atom. The summed E-state index contributed by atoms with van der Waals surface area (Å²) in [7, 11) is 0. The van der Waals surface area contributed by atoms with Gasteiger partial charge in [0.25, 0.3) is 0 Å². The summed E-state index contributed by atoms with van der Waals surface area (Å²) < 4.78 is 19.9. The molecule has 0 amide bonds. The molecule has 0 saturated carbocycles. The Labute approximate surface area is 157 Å². The number of nitrogens with zero attached hydrogens (tertiary/aromatic N) is 2. The van der Waals surface area contributed by atoms with E-state index in [2.05, 4.69) is 10.3 Å². The predicted molar refractivity (Wildman–Crippen MR) is 101 cm³/mol. The van der Waals surface area contributed by atoms with E-state index in [1.807, 2.05) is 17.0 Å². The summed E-state index contributed by atoms with van der Waals surface area (Å²) in [5.74, 6) is -0.339. The minimum Gasteiger partial charge on any atom is -0.376 e. The molecule has 25 heavy (non-hydrogen) atoms. The van der Waals surface area contributed by atoms with Crippen molar-refractivity contribution in [2.24, 2.45) is 0 Å². The first-order chi connectivity index (χ1) is 12.1. The van der Waals surface area contributed by atoms with Crippen molar-refractivity contribution in [2.75, 3.05) is 18.5 Å². The molecule has 1 N–H and O–H groups in total. The van der Waals surface area contributed by atoms with E-state index in [4.69, 9.17) is 28.6 Å². The standard InChI is InChI=1S/C18H19ClFN3OS/c19-16-6-1-7-17(20)15(16)12-23(11-14-5-3-9-24-14)18(25)22-13-4-2-8-21-10-13/h1-2,4,6-8,10,14H,3,5,9,11-12H2,(H,22,25)/t14-/m0/s1. The Balaban J connectivity index is 1.77. The van der Waals surface area contributed by atoms with Gasteiger partial charge in [0, 0.05) is 36.5 Å². The zero-order chi connectivity index (χ0) is 17.6. The third-order valence-corrected chi connectivity index (χ3v) is 4.77. The first-order valence-corrected chi connectivity index (χ1v) is 8.92. The Bertz CT molecular complexity index is 705. The van der Waals surface area contributed by atoms with Gasteiger partial charge >= 0.3 is 0 Å². The highest BCUT2D eigenvalue weighted by Gasteiger charge is 2.23. The van der Waals surface area contributed by atoms with Crippen LogP contribution in [0.4, 0.5) is 10.1 Å². The summed E-state index contributed by atoms with van der Waals surface area (Å²) in [6.07, 6.45) is 5.46. The molecule has 2 heterocycles. The molecule has 0 spiro atoms. The number of ether oxygens (including phenoxy) is 1. The van der Waals surface area contributed by atoms with Crippen LogP contribution in [0.2, 0.25) is 5.02 Å². The molecule has 0 unspecified atom stereocenters. The lowest BCUT2D eigenvalue weighted by molar-refractivity contribution is 0.0903. The van der Waals surface area contributed by atoms with Crippen LogP contribution in [-0.4, -0.2) is 34.3 Å². The molecule has 0 aliphatic carbocycles. The van der Waals surface area contributed by atoms with Gasteiger partial charge in [-0.05, 0) is 49.3 Å². The number of nitrogens with one attached hydrogen (secondary N) is 1. The SMILES string of the molecule is Fc1cccc(Cl)c1CN(C[C@@H]1CCCO1)C(=S)Nc1cccnc1. The number of benzene rings is 1. The van der Waals surface area contributed by atoms with Crippen LogP contribution in [0.5, 0.6) is 0 Å². The van der Waals surface area contributed by atoms with E-state index in [0.717, 1.165) is 25.1 Å². The highest BCUT2D eigenvalue weighted by molar-refractivity contribution is 7.80. The Morgan fingerprint density at radius 1 is 1.40 bits per heavy atom. The number of aromatic nitrogens is 1. The van der Waals surface area contributed by atoms with Crippen molar-refractivity contribution < 1.29 is 9.13 Å². The lowest BCUT2D eigenvalue weighted by atomic mass is 10.1. The van der Waals surface area contributed by atoms with Gasteiger partial charge in [-0.15, -0.1) is 0 Å². The van der Waals surface area contributed by atoms with E-state index >= 15 is 0 Å². The number of halogens is 2. The van der Waals surface area contributed by atoms with Gasteiger partial charge in [-0.2, -0.15) is 0 Å². The van der Waals surface area contributed by atoms with Crippen LogP contribution in [0, 0.1) is 5.82 Å². The van der Waals surface area contributed by atoms with Gasteiger partial charge in [-0.1, -0.05) is 17.7 Å². The molecule has 1 saturated heterocycles. The monoisotopic (exact) mass is 379 g/mol. The molecule has 7 heteroatoms. The largest absolute Gasteiger partial charge is 0.376 e. The van der Waals surface area contributed by atoms with E-state index in [-0.39, 0.29) is 18.5 Å². The summed E-state index contributed by atoms with van der Waals surface area (Å²) >= 11 is 11.7. The Hall–Kier alpha value is -1.76. The van der Waals surface area contributed by atoms with Gasteiger partial charge in [0.2, 0.25) is 0 Å². The van der Waals surface area contributed by atoms with E-state index in [1.54, 1.807) is 24.5 Å². The fourth-order valence-electron chi connectivity index (χ4n) is 2.77. The molecule has 132 valence electrons. The maximum absolute atomic E-state index is 14.2. The van der Waals surface area contributed by atoms with Crippen LogP contribution in [-0.2, 0) is 11.3 Å². The molecule has 1 aliphatic heterocycles. The van der Waals surface area contributed by atoms with Gasteiger partial charge < -0.3 is 15.0 Å². The molecule has 1 aromatic heterocycles. The number of anilines is 1. The lowest BCUT2D eigenvalue weighted by Crippen LogP contribution is -2.39. The van der Waals surface area contributed by atoms with Gasteiger partial charge in [0.15, 0.2) is 5.11 Å². The van der Waals surface area contributed by atoms with Gasteiger partial charge in [-0.3, -0.25) is 4.98 Å². The van der Waals surface area contributed by atoms with Gasteiger partial charge in [0.05, 0.1) is 18.0 Å². The second-order valence-electron chi connectivity index (χ2n) is 5.89. The molecule has 3 rings (SSSR count). The van der Waals surface area contributed by atoms with Gasteiger partial charge in [-0.25, -0.2) is 4.39 Å². The molecule has 1 atom stereocenters. The maximum atomic E-state index is 14.2. The van der Waals surface area contributed by atoms with Crippen LogP contribution in [0.1, 0.15) is 18.4 Å². The minimum atomic E-state index is -0.339.